The summed E-state index contributed by atoms with van der Waals surface area (Å²) in [5.74, 6) is 1.19. The number of nitrogens with zero attached hydrogens (tertiary/aromatic N) is 3. The van der Waals surface area contributed by atoms with Crippen LogP contribution in [0.4, 0.5) is 5.82 Å². The first-order valence-electron chi connectivity index (χ1n) is 4.04. The fourth-order valence-corrected chi connectivity index (χ4v) is 2.01. The average Bonchev–Trinajstić information content (AvgIpc) is 2.42. The van der Waals surface area contributed by atoms with Gasteiger partial charge < -0.3 is 5.73 Å². The molecule has 0 saturated heterocycles. The Hall–Kier alpha value is -1.06. The Bertz CT molecular complexity index is 402. The molecule has 14 heavy (non-hydrogen) atoms. The Labute approximate surface area is 92.1 Å². The monoisotopic (exact) mass is 226 g/mol. The quantitative estimate of drug-likeness (QED) is 0.735. The molecule has 2 N–H and O–H groups in total. The van der Waals surface area contributed by atoms with Crippen molar-refractivity contribution in [1.29, 1.82) is 5.26 Å². The number of nitriles is 1. The SMILES string of the molecule is CCSC(=S)n1nc(C)c(C#N)c1N. The van der Waals surface area contributed by atoms with Crippen LogP contribution in [0, 0.1) is 18.3 Å². The molecule has 6 heteroatoms. The van der Waals surface area contributed by atoms with Crippen molar-refractivity contribution in [3.05, 3.63) is 11.3 Å². The number of aromatic nitrogens is 2. The lowest BCUT2D eigenvalue weighted by Crippen LogP contribution is -2.10. The van der Waals surface area contributed by atoms with Crippen molar-refractivity contribution in [3.63, 3.8) is 0 Å². The van der Waals surface area contributed by atoms with E-state index in [0.717, 1.165) is 5.75 Å². The van der Waals surface area contributed by atoms with E-state index in [1.54, 1.807) is 6.92 Å². The lowest BCUT2D eigenvalue weighted by Gasteiger charge is -2.02. The second kappa shape index (κ2) is 4.44. The first kappa shape index (κ1) is 11.0. The molecule has 0 aromatic carbocycles. The number of aryl methyl sites for hydroxylation is 1. The second-order valence-corrected chi connectivity index (χ2v) is 4.47. The van der Waals surface area contributed by atoms with Crippen LogP contribution in [-0.2, 0) is 0 Å². The molecular weight excluding hydrogens is 216 g/mol. The van der Waals surface area contributed by atoms with Crippen LogP contribution >= 0.6 is 24.0 Å². The van der Waals surface area contributed by atoms with E-state index in [-0.39, 0.29) is 0 Å². The van der Waals surface area contributed by atoms with Gasteiger partial charge in [0, 0.05) is 0 Å². The van der Waals surface area contributed by atoms with Crippen LogP contribution in [0.25, 0.3) is 0 Å². The number of hydrogen-bond acceptors (Lipinski definition) is 5. The van der Waals surface area contributed by atoms with Crippen LogP contribution in [-0.4, -0.2) is 19.9 Å². The van der Waals surface area contributed by atoms with E-state index in [1.165, 1.54) is 16.4 Å². The van der Waals surface area contributed by atoms with Gasteiger partial charge in [0.2, 0.25) is 0 Å². The first-order chi connectivity index (χ1) is 6.61. The minimum atomic E-state index is 0.330. The highest BCUT2D eigenvalue weighted by Crippen LogP contribution is 2.18. The summed E-state index contributed by atoms with van der Waals surface area (Å²) in [4.78, 5) is 0. The average molecular weight is 226 g/mol. The molecule has 0 aliphatic carbocycles. The van der Waals surface area contributed by atoms with E-state index in [2.05, 4.69) is 5.10 Å². The zero-order valence-corrected chi connectivity index (χ0v) is 9.58. The van der Waals surface area contributed by atoms with Crippen molar-refractivity contribution in [2.75, 3.05) is 11.5 Å². The largest absolute Gasteiger partial charge is 0.382 e. The molecule has 1 heterocycles. The van der Waals surface area contributed by atoms with E-state index in [1.807, 2.05) is 13.0 Å². The number of nitrogens with two attached hydrogens (primary N) is 1. The fraction of sp³-hybridized carbons (Fsp3) is 0.375. The third kappa shape index (κ3) is 1.89. The van der Waals surface area contributed by atoms with Gasteiger partial charge in [-0.2, -0.15) is 15.0 Å². The Morgan fingerprint density at radius 1 is 1.79 bits per heavy atom. The molecule has 0 fully saturated rings. The number of thioether (sulfide) groups is 1. The third-order valence-corrected chi connectivity index (χ3v) is 2.88. The maximum absolute atomic E-state index is 8.79. The van der Waals surface area contributed by atoms with Gasteiger partial charge in [0.25, 0.3) is 0 Å². The molecule has 1 rings (SSSR count). The molecule has 0 spiro atoms. The van der Waals surface area contributed by atoms with E-state index in [9.17, 15) is 0 Å². The van der Waals surface area contributed by atoms with Gasteiger partial charge in [-0.15, -0.1) is 0 Å². The Morgan fingerprint density at radius 2 is 2.43 bits per heavy atom. The minimum Gasteiger partial charge on any atom is -0.382 e. The van der Waals surface area contributed by atoms with Crippen LogP contribution in [0.3, 0.4) is 0 Å². The summed E-state index contributed by atoms with van der Waals surface area (Å²) in [6.45, 7) is 3.74. The van der Waals surface area contributed by atoms with Crippen LogP contribution in [0.2, 0.25) is 0 Å². The Balaban J connectivity index is 3.13. The van der Waals surface area contributed by atoms with Gasteiger partial charge in [-0.3, -0.25) is 0 Å². The molecule has 0 aliphatic rings. The predicted octanol–water partition coefficient (Wildman–Crippen LogP) is 1.53. The van der Waals surface area contributed by atoms with Gasteiger partial charge in [-0.25, -0.2) is 0 Å². The van der Waals surface area contributed by atoms with Crippen LogP contribution < -0.4 is 5.73 Å². The molecule has 1 aromatic rings. The molecule has 1 aromatic heterocycles. The highest BCUT2D eigenvalue weighted by Gasteiger charge is 2.14. The molecule has 0 saturated carbocycles. The van der Waals surface area contributed by atoms with Gasteiger partial charge in [0.1, 0.15) is 17.5 Å². The van der Waals surface area contributed by atoms with Gasteiger partial charge in [0.15, 0.2) is 4.32 Å². The number of hydrogen-bond donors (Lipinski definition) is 1. The first-order valence-corrected chi connectivity index (χ1v) is 5.43. The fourth-order valence-electron chi connectivity index (χ4n) is 1.01. The van der Waals surface area contributed by atoms with Crippen molar-refractivity contribution in [2.24, 2.45) is 0 Å². The zero-order valence-electron chi connectivity index (χ0n) is 7.94. The topological polar surface area (TPSA) is 67.6 Å². The predicted molar refractivity (Wildman–Crippen MR) is 62.2 cm³/mol. The van der Waals surface area contributed by atoms with Gasteiger partial charge >= 0.3 is 0 Å². The molecule has 0 aliphatic heterocycles. The van der Waals surface area contributed by atoms with Gasteiger partial charge in [-0.05, 0) is 12.7 Å². The highest BCUT2D eigenvalue weighted by molar-refractivity contribution is 8.23. The van der Waals surface area contributed by atoms with Crippen molar-refractivity contribution in [1.82, 2.24) is 9.78 Å². The number of nitrogen functional groups attached to an aromatic ring is 1. The molecule has 0 atom stereocenters. The maximum atomic E-state index is 8.79. The molecule has 74 valence electrons. The number of anilines is 1. The Morgan fingerprint density at radius 3 is 2.86 bits per heavy atom. The summed E-state index contributed by atoms with van der Waals surface area (Å²) < 4.78 is 2.02. The van der Waals surface area contributed by atoms with Crippen molar-refractivity contribution >= 4 is 34.1 Å². The summed E-state index contributed by atoms with van der Waals surface area (Å²) in [7, 11) is 0. The number of thiocarbonyl (C=S) groups is 1. The smallest absolute Gasteiger partial charge is 0.163 e. The lowest BCUT2D eigenvalue weighted by molar-refractivity contribution is 0.946. The summed E-state index contributed by atoms with van der Waals surface area (Å²) >= 11 is 6.58. The molecule has 0 radical (unpaired) electrons. The summed E-state index contributed by atoms with van der Waals surface area (Å²) in [5, 5.41) is 12.9. The molecular formula is C8H10N4S2. The number of rotatable bonds is 1. The van der Waals surface area contributed by atoms with Crippen LogP contribution in [0.5, 0.6) is 0 Å². The lowest BCUT2D eigenvalue weighted by atomic mass is 10.3. The summed E-state index contributed by atoms with van der Waals surface area (Å²) in [6, 6.07) is 2.00. The van der Waals surface area contributed by atoms with Gasteiger partial charge in [-0.1, -0.05) is 30.9 Å². The highest BCUT2D eigenvalue weighted by atomic mass is 32.2. The maximum Gasteiger partial charge on any atom is 0.163 e. The molecule has 0 unspecified atom stereocenters. The van der Waals surface area contributed by atoms with E-state index >= 15 is 0 Å². The van der Waals surface area contributed by atoms with Crippen LogP contribution in [0.1, 0.15) is 18.2 Å². The second-order valence-electron chi connectivity index (χ2n) is 2.57. The minimum absolute atomic E-state index is 0.330. The Kier molecular flexibility index (Phi) is 3.49. The standard InChI is InChI=1S/C8H10N4S2/c1-3-14-8(13)12-7(10)6(4-9)5(2)11-12/h3,10H2,1-2H3. The van der Waals surface area contributed by atoms with E-state index in [0.29, 0.717) is 21.4 Å². The van der Waals surface area contributed by atoms with E-state index in [4.69, 9.17) is 23.2 Å². The van der Waals surface area contributed by atoms with E-state index < -0.39 is 0 Å². The molecule has 4 nitrogen and oxygen atoms in total. The normalized spacial score (nSPS) is 9.79. The van der Waals surface area contributed by atoms with Crippen molar-refractivity contribution < 1.29 is 0 Å². The summed E-state index contributed by atoms with van der Waals surface area (Å²) in [5.41, 5.74) is 6.74. The third-order valence-electron chi connectivity index (χ3n) is 1.65. The van der Waals surface area contributed by atoms with Crippen LogP contribution in [0.15, 0.2) is 0 Å². The molecule has 0 amide bonds. The zero-order chi connectivity index (χ0) is 10.7. The van der Waals surface area contributed by atoms with Crippen molar-refractivity contribution in [2.45, 2.75) is 13.8 Å². The molecule has 0 bridgehead atoms. The van der Waals surface area contributed by atoms with Crippen molar-refractivity contribution in [3.8, 4) is 6.07 Å². The summed E-state index contributed by atoms with van der Waals surface area (Å²) in [6.07, 6.45) is 0. The van der Waals surface area contributed by atoms with Gasteiger partial charge in [0.05, 0.1) is 5.69 Å².